The number of fused-ring (bicyclic) bond motifs is 1. The van der Waals surface area contributed by atoms with E-state index in [0.717, 1.165) is 27.8 Å². The van der Waals surface area contributed by atoms with E-state index >= 15 is 0 Å². The molecule has 0 bridgehead atoms. The second-order valence-electron chi connectivity index (χ2n) is 8.59. The quantitative estimate of drug-likeness (QED) is 0.306. The van der Waals surface area contributed by atoms with Gasteiger partial charge in [0.2, 0.25) is 5.91 Å². The molecule has 0 radical (unpaired) electrons. The Morgan fingerprint density at radius 1 is 1.00 bits per heavy atom. The van der Waals surface area contributed by atoms with Crippen LogP contribution in [0.3, 0.4) is 0 Å². The van der Waals surface area contributed by atoms with Crippen molar-refractivity contribution in [1.82, 2.24) is 4.57 Å². The number of carbonyl (C=O) groups is 2. The molecule has 0 spiro atoms. The van der Waals surface area contributed by atoms with Crippen LogP contribution in [0.25, 0.3) is 22.7 Å². The number of aromatic carboxylic acids is 1. The fourth-order valence-electron chi connectivity index (χ4n) is 3.92. The third-order valence-electron chi connectivity index (χ3n) is 5.81. The molecule has 34 heavy (non-hydrogen) atoms. The van der Waals surface area contributed by atoms with Crippen molar-refractivity contribution >= 4 is 34.5 Å². The predicted octanol–water partition coefficient (Wildman–Crippen LogP) is 6.88. The van der Waals surface area contributed by atoms with Gasteiger partial charge in [0.15, 0.2) is 0 Å². The Kier molecular flexibility index (Phi) is 6.93. The van der Waals surface area contributed by atoms with Gasteiger partial charge in [-0.05, 0) is 60.4 Å². The number of nitrogens with one attached hydrogen (secondary N) is 1. The Morgan fingerprint density at radius 2 is 1.74 bits per heavy atom. The summed E-state index contributed by atoms with van der Waals surface area (Å²) >= 11 is 0. The summed E-state index contributed by atoms with van der Waals surface area (Å²) in [7, 11) is 0. The van der Waals surface area contributed by atoms with Crippen LogP contribution >= 0.6 is 0 Å². The van der Waals surface area contributed by atoms with Gasteiger partial charge >= 0.3 is 5.97 Å². The number of carboxylic acid groups (broad SMARTS) is 1. The Morgan fingerprint density at radius 3 is 2.41 bits per heavy atom. The molecule has 0 saturated heterocycles. The van der Waals surface area contributed by atoms with Gasteiger partial charge in [0.05, 0.1) is 11.1 Å². The molecule has 5 heteroatoms. The molecule has 1 heterocycles. The summed E-state index contributed by atoms with van der Waals surface area (Å²) in [6, 6.07) is 23.0. The minimum Gasteiger partial charge on any atom is -0.478 e. The number of amides is 1. The molecule has 1 amide bonds. The average molecular weight is 453 g/mol. The van der Waals surface area contributed by atoms with E-state index in [0.29, 0.717) is 18.8 Å². The fourth-order valence-corrected chi connectivity index (χ4v) is 3.92. The molecule has 0 aliphatic rings. The molecule has 5 nitrogen and oxygen atoms in total. The second-order valence-corrected chi connectivity index (χ2v) is 8.59. The number of aromatic nitrogens is 1. The van der Waals surface area contributed by atoms with E-state index < -0.39 is 5.97 Å². The Labute approximate surface area is 199 Å². The molecular formula is C29H28N2O3. The summed E-state index contributed by atoms with van der Waals surface area (Å²) in [5.41, 5.74) is 5.12. The van der Waals surface area contributed by atoms with Gasteiger partial charge in [-0.15, -0.1) is 0 Å². The largest absolute Gasteiger partial charge is 0.478 e. The molecule has 4 rings (SSSR count). The number of hydrogen-bond acceptors (Lipinski definition) is 2. The summed E-state index contributed by atoms with van der Waals surface area (Å²) < 4.78 is 2.05. The number of carboxylic acids is 1. The minimum absolute atomic E-state index is 0.0400. The predicted molar refractivity (Wildman–Crippen MR) is 138 cm³/mol. The number of para-hydroxylation sites is 1. The van der Waals surface area contributed by atoms with Crippen LogP contribution in [0.2, 0.25) is 0 Å². The van der Waals surface area contributed by atoms with Crippen LogP contribution in [0.15, 0.2) is 85.1 Å². The van der Waals surface area contributed by atoms with Crippen molar-refractivity contribution in [3.05, 3.63) is 102 Å². The maximum Gasteiger partial charge on any atom is 0.335 e. The fraction of sp³-hybridized carbons (Fsp3) is 0.172. The number of allylic oxidation sites excluding steroid dienone is 1. The number of benzene rings is 3. The minimum atomic E-state index is -0.956. The zero-order chi connectivity index (χ0) is 24.1. The van der Waals surface area contributed by atoms with Crippen LogP contribution < -0.4 is 5.32 Å². The molecule has 0 aliphatic heterocycles. The van der Waals surface area contributed by atoms with Crippen molar-refractivity contribution in [1.29, 1.82) is 0 Å². The number of nitrogens with zero attached hydrogens (tertiary/aromatic N) is 1. The molecule has 3 aromatic carbocycles. The SMILES string of the molecule is CC(C)c1ccc(NC(=O)CC/C=C/c2cn(-c3ccccc3)c3ccc(C(=O)O)cc23)cc1. The summed E-state index contributed by atoms with van der Waals surface area (Å²) in [5, 5.41) is 13.2. The van der Waals surface area contributed by atoms with Crippen molar-refractivity contribution in [2.45, 2.75) is 32.6 Å². The highest BCUT2D eigenvalue weighted by molar-refractivity contribution is 5.98. The van der Waals surface area contributed by atoms with Crippen LogP contribution in [0.1, 0.15) is 54.1 Å². The lowest BCUT2D eigenvalue weighted by atomic mass is 10.0. The van der Waals surface area contributed by atoms with E-state index in [4.69, 9.17) is 0 Å². The van der Waals surface area contributed by atoms with Crippen molar-refractivity contribution in [3.63, 3.8) is 0 Å². The normalized spacial score (nSPS) is 11.4. The van der Waals surface area contributed by atoms with E-state index in [9.17, 15) is 14.7 Å². The molecule has 4 aromatic rings. The van der Waals surface area contributed by atoms with Crippen LogP contribution in [0.5, 0.6) is 0 Å². The monoisotopic (exact) mass is 452 g/mol. The molecule has 0 saturated carbocycles. The molecule has 1 aromatic heterocycles. The van der Waals surface area contributed by atoms with Gasteiger partial charge in [-0.3, -0.25) is 4.79 Å². The van der Waals surface area contributed by atoms with E-state index in [1.54, 1.807) is 12.1 Å². The highest BCUT2D eigenvalue weighted by Gasteiger charge is 2.12. The van der Waals surface area contributed by atoms with E-state index in [1.807, 2.05) is 83.6 Å². The van der Waals surface area contributed by atoms with Crippen molar-refractivity contribution in [2.24, 2.45) is 0 Å². The summed E-state index contributed by atoms with van der Waals surface area (Å²) in [6.45, 7) is 4.28. The van der Waals surface area contributed by atoms with Crippen molar-refractivity contribution in [2.75, 3.05) is 5.32 Å². The average Bonchev–Trinajstić information content (AvgIpc) is 3.20. The van der Waals surface area contributed by atoms with E-state index in [-0.39, 0.29) is 11.5 Å². The lowest BCUT2D eigenvalue weighted by molar-refractivity contribution is -0.116. The summed E-state index contributed by atoms with van der Waals surface area (Å²) in [4.78, 5) is 23.8. The van der Waals surface area contributed by atoms with Crippen LogP contribution in [-0.2, 0) is 4.79 Å². The maximum atomic E-state index is 12.3. The van der Waals surface area contributed by atoms with Gasteiger partial charge in [-0.25, -0.2) is 4.79 Å². The van der Waals surface area contributed by atoms with Gasteiger partial charge in [0.25, 0.3) is 0 Å². The van der Waals surface area contributed by atoms with Gasteiger partial charge in [-0.1, -0.05) is 56.3 Å². The topological polar surface area (TPSA) is 71.3 Å². The van der Waals surface area contributed by atoms with E-state index in [2.05, 4.69) is 19.2 Å². The number of carbonyl (C=O) groups excluding carboxylic acids is 1. The smallest absolute Gasteiger partial charge is 0.335 e. The molecule has 0 fully saturated rings. The van der Waals surface area contributed by atoms with Crippen molar-refractivity contribution in [3.8, 4) is 5.69 Å². The van der Waals surface area contributed by atoms with Gasteiger partial charge in [-0.2, -0.15) is 0 Å². The van der Waals surface area contributed by atoms with Gasteiger partial charge in [0, 0.05) is 34.9 Å². The Bertz CT molecular complexity index is 1330. The maximum absolute atomic E-state index is 12.3. The van der Waals surface area contributed by atoms with Crippen molar-refractivity contribution < 1.29 is 14.7 Å². The third kappa shape index (κ3) is 5.26. The highest BCUT2D eigenvalue weighted by Crippen LogP contribution is 2.27. The first-order valence-corrected chi connectivity index (χ1v) is 11.4. The van der Waals surface area contributed by atoms with Gasteiger partial charge in [0.1, 0.15) is 0 Å². The lowest BCUT2D eigenvalue weighted by Crippen LogP contribution is -2.10. The van der Waals surface area contributed by atoms with E-state index in [1.165, 1.54) is 5.56 Å². The molecule has 172 valence electrons. The molecule has 0 unspecified atom stereocenters. The van der Waals surface area contributed by atoms with Crippen LogP contribution in [0.4, 0.5) is 5.69 Å². The summed E-state index contributed by atoms with van der Waals surface area (Å²) in [6.07, 6.45) is 6.85. The third-order valence-corrected chi connectivity index (χ3v) is 5.81. The first kappa shape index (κ1) is 23.1. The lowest BCUT2D eigenvalue weighted by Gasteiger charge is -2.08. The molecule has 2 N–H and O–H groups in total. The second kappa shape index (κ2) is 10.2. The molecule has 0 atom stereocenters. The Balaban J connectivity index is 1.48. The number of hydrogen-bond donors (Lipinski definition) is 2. The summed E-state index contributed by atoms with van der Waals surface area (Å²) in [5.74, 6) is -0.543. The first-order chi connectivity index (χ1) is 16.4. The Hall–Kier alpha value is -4.12. The highest BCUT2D eigenvalue weighted by atomic mass is 16.4. The first-order valence-electron chi connectivity index (χ1n) is 11.4. The zero-order valence-corrected chi connectivity index (χ0v) is 19.4. The number of anilines is 1. The van der Waals surface area contributed by atoms with Crippen LogP contribution in [-0.4, -0.2) is 21.6 Å². The molecular weight excluding hydrogens is 424 g/mol. The number of rotatable bonds is 8. The van der Waals surface area contributed by atoms with Gasteiger partial charge < -0.3 is 15.0 Å². The van der Waals surface area contributed by atoms with Crippen LogP contribution in [0, 0.1) is 0 Å². The standard InChI is InChI=1S/C29H28N2O3/c1-20(2)21-12-15-24(16-13-21)30-28(32)11-7-6-8-23-19-31(25-9-4-3-5-10-25)27-17-14-22(29(33)34)18-26(23)27/h3-6,8-10,12-20H,7,11H2,1-2H3,(H,30,32)(H,33,34)/b8-6+. The zero-order valence-electron chi connectivity index (χ0n) is 19.4. The molecule has 0 aliphatic carbocycles.